The van der Waals surface area contributed by atoms with Gasteiger partial charge in [-0.2, -0.15) is 0 Å². The molecule has 0 aliphatic heterocycles. The number of esters is 3. The van der Waals surface area contributed by atoms with Crippen molar-refractivity contribution in [2.45, 2.75) is 360 Å². The van der Waals surface area contributed by atoms with Crippen LogP contribution in [-0.2, 0) is 55.8 Å². The summed E-state index contributed by atoms with van der Waals surface area (Å²) in [6.07, 6.45) is 88.7. The van der Waals surface area contributed by atoms with Crippen molar-refractivity contribution in [3.63, 3.8) is 0 Å². The summed E-state index contributed by atoms with van der Waals surface area (Å²) in [7, 11) is -9.79. The molecular formula is C83H146O16P2. The van der Waals surface area contributed by atoms with Crippen molar-refractivity contribution in [2.75, 3.05) is 39.6 Å². The fourth-order valence-electron chi connectivity index (χ4n) is 10.8. The molecule has 0 rings (SSSR count). The second-order valence-corrected chi connectivity index (χ2v) is 29.8. The molecule has 0 aromatic rings. The van der Waals surface area contributed by atoms with Crippen LogP contribution in [0.25, 0.3) is 0 Å². The minimum absolute atomic E-state index is 0.0848. The maximum atomic E-state index is 12.9. The molecule has 0 aromatic carbocycles. The molecule has 18 heteroatoms. The molecule has 0 aliphatic carbocycles. The number of phosphoric acid groups is 2. The number of aliphatic hydroxyl groups excluding tert-OH is 2. The Labute approximate surface area is 615 Å². The molecule has 16 nitrogen and oxygen atoms in total. The lowest BCUT2D eigenvalue weighted by Crippen LogP contribution is -2.30. The van der Waals surface area contributed by atoms with Crippen LogP contribution in [-0.4, -0.2) is 95.9 Å². The number of hydrogen-bond donors (Lipinski definition) is 4. The summed E-state index contributed by atoms with van der Waals surface area (Å²) < 4.78 is 61.1. The monoisotopic (exact) mass is 1460 g/mol. The van der Waals surface area contributed by atoms with Crippen molar-refractivity contribution < 1.29 is 75.8 Å². The lowest BCUT2D eigenvalue weighted by atomic mass is 10.0. The molecule has 0 bridgehead atoms. The Bertz CT molecular complexity index is 2270. The van der Waals surface area contributed by atoms with Crippen molar-refractivity contribution in [2.24, 2.45) is 0 Å². The van der Waals surface area contributed by atoms with Gasteiger partial charge in [0, 0.05) is 19.3 Å². The van der Waals surface area contributed by atoms with Gasteiger partial charge in [-0.3, -0.25) is 32.5 Å². The van der Waals surface area contributed by atoms with Gasteiger partial charge >= 0.3 is 33.6 Å². The van der Waals surface area contributed by atoms with Gasteiger partial charge in [0.25, 0.3) is 0 Å². The van der Waals surface area contributed by atoms with E-state index in [-0.39, 0.29) is 19.3 Å². The molecule has 5 atom stereocenters. The normalized spacial score (nSPS) is 14.6. The Morgan fingerprint density at radius 2 is 0.515 bits per heavy atom. The summed E-state index contributed by atoms with van der Waals surface area (Å²) in [4.78, 5) is 58.6. The number of ether oxygens (including phenoxy) is 3. The third-order valence-electron chi connectivity index (χ3n) is 16.9. The van der Waals surface area contributed by atoms with Crippen LogP contribution in [0, 0.1) is 0 Å². The van der Waals surface area contributed by atoms with Crippen molar-refractivity contribution in [3.8, 4) is 0 Å². The number of unbranched alkanes of at least 4 members (excludes halogenated alkanes) is 35. The molecule has 0 spiro atoms. The van der Waals surface area contributed by atoms with Gasteiger partial charge in [-0.15, -0.1) is 0 Å². The van der Waals surface area contributed by atoms with Crippen LogP contribution >= 0.6 is 15.6 Å². The highest BCUT2D eigenvalue weighted by atomic mass is 31.2. The first kappa shape index (κ1) is 97.2. The van der Waals surface area contributed by atoms with Crippen LogP contribution in [0.4, 0.5) is 0 Å². The topological polar surface area (TPSA) is 231 Å². The molecular weight excluding hydrogens is 1310 g/mol. The number of hydrogen-bond acceptors (Lipinski definition) is 14. The van der Waals surface area contributed by atoms with Crippen LogP contribution < -0.4 is 0 Å². The van der Waals surface area contributed by atoms with Gasteiger partial charge in [-0.1, -0.05) is 304 Å². The van der Waals surface area contributed by atoms with Crippen molar-refractivity contribution in [1.82, 2.24) is 0 Å². The second-order valence-electron chi connectivity index (χ2n) is 26.9. The summed E-state index contributed by atoms with van der Waals surface area (Å²) in [6.45, 7) is 2.55. The molecule has 0 aliphatic rings. The summed E-state index contributed by atoms with van der Waals surface area (Å²) in [6, 6.07) is 0. The summed E-state index contributed by atoms with van der Waals surface area (Å²) in [5, 5.41) is 20.6. The fourth-order valence-corrected chi connectivity index (χ4v) is 12.4. The van der Waals surface area contributed by atoms with E-state index in [0.717, 1.165) is 148 Å². The van der Waals surface area contributed by atoms with Gasteiger partial charge in [0.2, 0.25) is 0 Å². The van der Waals surface area contributed by atoms with Gasteiger partial charge in [-0.25, -0.2) is 9.13 Å². The minimum Gasteiger partial charge on any atom is -0.463 e. The van der Waals surface area contributed by atoms with Gasteiger partial charge < -0.3 is 34.2 Å². The van der Waals surface area contributed by atoms with Crippen LogP contribution in [0.5, 0.6) is 0 Å². The number of rotatable bonds is 76. The first-order valence-corrected chi connectivity index (χ1v) is 43.2. The smallest absolute Gasteiger partial charge is 0.463 e. The fraction of sp³-hybridized carbons (Fsp3) is 0.747. The third-order valence-corrected chi connectivity index (χ3v) is 18.8. The van der Waals surface area contributed by atoms with E-state index < -0.39 is 91.5 Å². The Hall–Kier alpha value is -3.79. The largest absolute Gasteiger partial charge is 0.472 e. The highest BCUT2D eigenvalue weighted by molar-refractivity contribution is 7.47. The molecule has 584 valence electrons. The Kier molecular flexibility index (Phi) is 73.0. The zero-order valence-corrected chi connectivity index (χ0v) is 65.6. The van der Waals surface area contributed by atoms with Gasteiger partial charge in [-0.05, 0) is 128 Å². The van der Waals surface area contributed by atoms with E-state index in [0.29, 0.717) is 19.3 Å². The highest BCUT2D eigenvalue weighted by Gasteiger charge is 2.29. The molecule has 0 heterocycles. The molecule has 0 aromatic heterocycles. The van der Waals surface area contributed by atoms with Crippen LogP contribution in [0.2, 0.25) is 0 Å². The minimum atomic E-state index is -4.93. The summed E-state index contributed by atoms with van der Waals surface area (Å²) in [5.41, 5.74) is 0. The molecule has 0 amide bonds. The zero-order valence-electron chi connectivity index (χ0n) is 63.8. The van der Waals surface area contributed by atoms with E-state index in [1.165, 1.54) is 135 Å². The zero-order chi connectivity index (χ0) is 73.7. The second kappa shape index (κ2) is 75.9. The lowest BCUT2D eigenvalue weighted by Gasteiger charge is -2.21. The molecule has 0 saturated heterocycles. The van der Waals surface area contributed by atoms with Crippen LogP contribution in [0.1, 0.15) is 342 Å². The Morgan fingerprint density at radius 3 is 0.822 bits per heavy atom. The number of aliphatic hydroxyl groups is 2. The number of phosphoric ester groups is 2. The molecule has 0 saturated carbocycles. The molecule has 101 heavy (non-hydrogen) atoms. The summed E-state index contributed by atoms with van der Waals surface area (Å²) in [5.74, 6) is -1.60. The lowest BCUT2D eigenvalue weighted by molar-refractivity contribution is -0.161. The maximum Gasteiger partial charge on any atom is 0.472 e. The van der Waals surface area contributed by atoms with Gasteiger partial charge in [0.15, 0.2) is 6.10 Å². The van der Waals surface area contributed by atoms with Crippen molar-refractivity contribution in [3.05, 3.63) is 109 Å². The maximum absolute atomic E-state index is 12.9. The van der Waals surface area contributed by atoms with E-state index in [2.05, 4.69) is 130 Å². The van der Waals surface area contributed by atoms with Gasteiger partial charge in [0.05, 0.1) is 26.4 Å². The van der Waals surface area contributed by atoms with Gasteiger partial charge in [0.1, 0.15) is 25.4 Å². The molecule has 0 radical (unpaired) electrons. The molecule has 0 fully saturated rings. The predicted molar refractivity (Wildman–Crippen MR) is 417 cm³/mol. The van der Waals surface area contributed by atoms with E-state index in [1.54, 1.807) is 0 Å². The Balaban J connectivity index is 4.40. The van der Waals surface area contributed by atoms with E-state index in [9.17, 15) is 43.5 Å². The van der Waals surface area contributed by atoms with Crippen molar-refractivity contribution >= 4 is 33.6 Å². The van der Waals surface area contributed by atoms with E-state index in [1.807, 2.05) is 0 Å². The standard InChI is InChI=1S/C83H146O16P2/c1-4-7-10-13-16-19-22-25-27-29-31-32-33-34-35-36-37-38-39-40-41-42-43-44-46-48-49-52-54-57-60-63-66-69-81(86)93-72-78(84)73-95-100(89,90)96-74-79(85)75-97-101(91,92)98-77-80(99-83(88)71-68-65-62-59-56-51-24-21-18-15-12-9-6-3)76-94-82(87)70-67-64-61-58-55-53-50-47-45-30-28-26-23-20-17-14-11-8-5-2/h12,15-17,19-21,24-28,31-32,34-35,45,47,78-80,84-85H,4-11,13-14,18,22-23,29-30,33,36-44,46,48-77H2,1-3H3,(H,89,90)(H,91,92)/b15-12-,19-16-,20-17-,24-21-,27-25-,28-26-,32-31-,35-34-,47-45-. The number of carbonyl (C=O) groups excluding carboxylic acids is 3. The average Bonchev–Trinajstić information content (AvgIpc) is 1.97. The first-order chi connectivity index (χ1) is 49.2. The highest BCUT2D eigenvalue weighted by Crippen LogP contribution is 2.45. The van der Waals surface area contributed by atoms with Crippen LogP contribution in [0.15, 0.2) is 109 Å². The van der Waals surface area contributed by atoms with Crippen molar-refractivity contribution in [1.29, 1.82) is 0 Å². The summed E-state index contributed by atoms with van der Waals surface area (Å²) >= 11 is 0. The van der Waals surface area contributed by atoms with E-state index >= 15 is 0 Å². The quantitative estimate of drug-likeness (QED) is 0.0146. The molecule has 5 unspecified atom stereocenters. The first-order valence-electron chi connectivity index (χ1n) is 40.2. The van der Waals surface area contributed by atoms with Crippen LogP contribution in [0.3, 0.4) is 0 Å². The Morgan fingerprint density at radius 1 is 0.277 bits per heavy atom. The SMILES string of the molecule is CCC/C=C\C/C=C\CCCCCCCC(=O)OC(COC(=O)CCCCCCCC/C=C\C/C=C\C/C=C\CCCCC)COP(=O)(O)OCC(O)COP(=O)(O)OCC(O)COC(=O)CCCCCCCCCCCCCCCCCCC/C=C\C/C=C\C/C=C\C/C=C\CCCCC. The van der Waals surface area contributed by atoms with E-state index in [4.69, 9.17) is 32.3 Å². The number of allylic oxidation sites excluding steroid dienone is 18. The average molecular weight is 1460 g/mol. The number of carbonyl (C=O) groups is 3. The predicted octanol–water partition coefficient (Wildman–Crippen LogP) is 23.5. The third kappa shape index (κ3) is 77.1. The molecule has 4 N–H and O–H groups in total.